The van der Waals surface area contributed by atoms with Crippen molar-refractivity contribution in [1.82, 2.24) is 0 Å². The average molecular weight is 588 g/mol. The van der Waals surface area contributed by atoms with Gasteiger partial charge in [-0.15, -0.1) is 11.3 Å². The van der Waals surface area contributed by atoms with Crippen LogP contribution in [0.25, 0.3) is 42.4 Å². The van der Waals surface area contributed by atoms with Gasteiger partial charge in [0.05, 0.1) is 11.4 Å². The van der Waals surface area contributed by atoms with E-state index in [4.69, 9.17) is 4.74 Å². The summed E-state index contributed by atoms with van der Waals surface area (Å²) in [6, 6.07) is 45.9. The molecule has 0 radical (unpaired) electrons. The van der Waals surface area contributed by atoms with Gasteiger partial charge in [0.15, 0.2) is 5.43 Å². The summed E-state index contributed by atoms with van der Waals surface area (Å²) in [4.78, 5) is 15.8. The lowest BCUT2D eigenvalue weighted by molar-refractivity contribution is 0.486. The van der Waals surface area contributed by atoms with Crippen molar-refractivity contribution in [1.29, 1.82) is 0 Å². The zero-order valence-corrected chi connectivity index (χ0v) is 25.3. The van der Waals surface area contributed by atoms with Gasteiger partial charge in [-0.1, -0.05) is 86.6 Å². The summed E-state index contributed by atoms with van der Waals surface area (Å²) in [6.07, 6.45) is 0. The Balaban J connectivity index is 1.47. The van der Waals surface area contributed by atoms with Crippen LogP contribution in [0.1, 0.15) is 25.3 Å². The molecule has 0 unspecified atom stereocenters. The molecule has 1 aliphatic rings. The van der Waals surface area contributed by atoms with Crippen LogP contribution >= 0.6 is 11.3 Å². The van der Waals surface area contributed by atoms with E-state index in [1.165, 1.54) is 5.56 Å². The van der Waals surface area contributed by atoms with Crippen LogP contribution in [-0.4, -0.2) is 0 Å². The minimum absolute atomic E-state index is 0.0730. The number of para-hydroxylation sites is 3. The van der Waals surface area contributed by atoms with Crippen LogP contribution < -0.4 is 15.1 Å². The maximum Gasteiger partial charge on any atom is 0.195 e. The lowest BCUT2D eigenvalue weighted by Gasteiger charge is -2.31. The predicted octanol–water partition coefficient (Wildman–Crippen LogP) is 11.4. The number of anilines is 3. The number of nitrogens with zero attached hydrogens (tertiary/aromatic N) is 1. The van der Waals surface area contributed by atoms with E-state index in [-0.39, 0.29) is 5.43 Å². The molecule has 3 nitrogen and oxygen atoms in total. The molecule has 0 amide bonds. The number of rotatable bonds is 2. The summed E-state index contributed by atoms with van der Waals surface area (Å²) in [6.45, 7) is 4.44. The van der Waals surface area contributed by atoms with Gasteiger partial charge in [-0.2, -0.15) is 0 Å². The van der Waals surface area contributed by atoms with Crippen molar-refractivity contribution in [3.63, 3.8) is 0 Å². The zero-order valence-electron chi connectivity index (χ0n) is 24.5. The Kier molecular flexibility index (Phi) is 6.32. The highest BCUT2D eigenvalue weighted by Crippen LogP contribution is 2.50. The molecule has 1 aromatic heterocycles. The maximum atomic E-state index is 13.5. The number of fused-ring (bicyclic) bond motifs is 8. The minimum atomic E-state index is 0.0730. The molecule has 0 bridgehead atoms. The fourth-order valence-electron chi connectivity index (χ4n) is 6.23. The Hall–Kier alpha value is -5.19. The van der Waals surface area contributed by atoms with Crippen molar-refractivity contribution >= 4 is 48.6 Å². The van der Waals surface area contributed by atoms with E-state index in [9.17, 15) is 4.79 Å². The molecule has 4 heteroatoms. The Labute approximate surface area is 260 Å². The maximum absolute atomic E-state index is 13.5. The van der Waals surface area contributed by atoms with E-state index in [1.807, 2.05) is 42.5 Å². The van der Waals surface area contributed by atoms with Crippen LogP contribution in [0.5, 0.6) is 11.5 Å². The smallest absolute Gasteiger partial charge is 0.195 e. The Morgan fingerprint density at radius 1 is 0.568 bits per heavy atom. The van der Waals surface area contributed by atoms with Crippen molar-refractivity contribution in [2.24, 2.45) is 0 Å². The third-order valence-electron chi connectivity index (χ3n) is 8.47. The molecule has 7 aromatic rings. The summed E-state index contributed by atoms with van der Waals surface area (Å²) in [7, 11) is 0. The van der Waals surface area contributed by atoms with Gasteiger partial charge in [0.25, 0.3) is 0 Å². The summed E-state index contributed by atoms with van der Waals surface area (Å²) in [5.41, 5.74) is 8.59. The Morgan fingerprint density at radius 3 is 1.95 bits per heavy atom. The molecule has 0 saturated heterocycles. The lowest BCUT2D eigenvalue weighted by atomic mass is 9.93. The molecule has 8 rings (SSSR count). The van der Waals surface area contributed by atoms with E-state index >= 15 is 0 Å². The van der Waals surface area contributed by atoms with E-state index in [2.05, 4.69) is 110 Å². The Morgan fingerprint density at radius 2 is 1.18 bits per heavy atom. The van der Waals surface area contributed by atoms with Crippen LogP contribution in [0.4, 0.5) is 17.1 Å². The second-order valence-electron chi connectivity index (χ2n) is 11.5. The van der Waals surface area contributed by atoms with Gasteiger partial charge in [0.2, 0.25) is 0 Å². The first-order valence-corrected chi connectivity index (χ1v) is 15.7. The molecule has 0 fully saturated rings. The van der Waals surface area contributed by atoms with Crippen molar-refractivity contribution in [2.75, 3.05) is 4.90 Å². The fourth-order valence-corrected chi connectivity index (χ4v) is 7.34. The molecule has 0 atom stereocenters. The van der Waals surface area contributed by atoms with Crippen molar-refractivity contribution in [3.8, 4) is 33.8 Å². The molecule has 0 N–H and O–H groups in total. The van der Waals surface area contributed by atoms with Gasteiger partial charge in [0, 0.05) is 48.1 Å². The minimum Gasteiger partial charge on any atom is -0.456 e. The summed E-state index contributed by atoms with van der Waals surface area (Å²) < 4.78 is 8.72. The van der Waals surface area contributed by atoms with Crippen LogP contribution in [-0.2, 0) is 0 Å². The number of ether oxygens (including phenoxy) is 1. The lowest BCUT2D eigenvalue weighted by Crippen LogP contribution is -2.13. The first kappa shape index (κ1) is 26.4. The molecular weight excluding hydrogens is 559 g/mol. The molecule has 1 aliphatic heterocycles. The van der Waals surface area contributed by atoms with Crippen LogP contribution in [0.15, 0.2) is 138 Å². The quantitative estimate of drug-likeness (QED) is 0.188. The number of hydrogen-bond donors (Lipinski definition) is 0. The second-order valence-corrected chi connectivity index (χ2v) is 12.6. The molecule has 6 aromatic carbocycles. The standard InChI is InChI=1S/C40H29NO2S/c1-25(2)26-19-22-37-33(23-26)29-12-4-8-16-35(29)41(34-15-7-3-11-28(34)30-13-5-9-17-36(30)43-37)27-20-21-32-39(24-27)44-38-18-10-6-14-31(38)40(32)42/h3-25H,1-2H3. The van der Waals surface area contributed by atoms with E-state index in [0.29, 0.717) is 5.92 Å². The second kappa shape index (κ2) is 10.5. The molecule has 2 heterocycles. The van der Waals surface area contributed by atoms with Crippen LogP contribution in [0.3, 0.4) is 0 Å². The van der Waals surface area contributed by atoms with Crippen molar-refractivity contribution in [3.05, 3.63) is 149 Å². The van der Waals surface area contributed by atoms with E-state index in [1.54, 1.807) is 11.3 Å². The molecule has 0 spiro atoms. The van der Waals surface area contributed by atoms with Crippen molar-refractivity contribution in [2.45, 2.75) is 19.8 Å². The van der Waals surface area contributed by atoms with E-state index < -0.39 is 0 Å². The highest BCUT2D eigenvalue weighted by molar-refractivity contribution is 7.24. The van der Waals surface area contributed by atoms with Gasteiger partial charge in [0.1, 0.15) is 11.5 Å². The van der Waals surface area contributed by atoms with E-state index in [0.717, 1.165) is 71.0 Å². The van der Waals surface area contributed by atoms with Gasteiger partial charge in [-0.3, -0.25) is 4.79 Å². The summed E-state index contributed by atoms with van der Waals surface area (Å²) in [5.74, 6) is 1.99. The zero-order chi connectivity index (χ0) is 29.8. The Bertz CT molecular complexity index is 2280. The third kappa shape index (κ3) is 4.30. The first-order chi connectivity index (χ1) is 21.6. The third-order valence-corrected chi connectivity index (χ3v) is 9.60. The van der Waals surface area contributed by atoms with Gasteiger partial charge >= 0.3 is 0 Å². The van der Waals surface area contributed by atoms with Crippen LogP contribution in [0.2, 0.25) is 0 Å². The summed E-state index contributed by atoms with van der Waals surface area (Å²) in [5, 5.41) is 1.51. The molecule has 44 heavy (non-hydrogen) atoms. The SMILES string of the molecule is CC(C)c1ccc2c(c1)-c1ccccc1N(c1ccc3c(=O)c4ccccc4sc3c1)c1ccccc1-c1ccccc1O2. The first-order valence-electron chi connectivity index (χ1n) is 14.9. The number of benzene rings is 6. The summed E-state index contributed by atoms with van der Waals surface area (Å²) >= 11 is 1.66. The monoisotopic (exact) mass is 587 g/mol. The molecule has 0 saturated carbocycles. The topological polar surface area (TPSA) is 29.5 Å². The van der Waals surface area contributed by atoms with Crippen LogP contribution in [0, 0.1) is 0 Å². The van der Waals surface area contributed by atoms with Gasteiger partial charge < -0.3 is 9.64 Å². The molecular formula is C40H29NO2S. The highest BCUT2D eigenvalue weighted by atomic mass is 32.1. The van der Waals surface area contributed by atoms with Crippen molar-refractivity contribution < 1.29 is 4.74 Å². The largest absolute Gasteiger partial charge is 0.456 e. The predicted molar refractivity (Wildman–Crippen MR) is 185 cm³/mol. The van der Waals surface area contributed by atoms with Gasteiger partial charge in [-0.25, -0.2) is 0 Å². The highest BCUT2D eigenvalue weighted by Gasteiger charge is 2.25. The van der Waals surface area contributed by atoms with Gasteiger partial charge in [-0.05, 0) is 72.1 Å². The fraction of sp³-hybridized carbons (Fsp3) is 0.0750. The number of hydrogen-bond acceptors (Lipinski definition) is 4. The molecule has 212 valence electrons. The normalized spacial score (nSPS) is 12.3. The molecule has 0 aliphatic carbocycles. The average Bonchev–Trinajstić information content (AvgIpc) is 3.06.